The average molecular weight is 369 g/mol. The van der Waals surface area contributed by atoms with Crippen LogP contribution >= 0.6 is 22.7 Å². The van der Waals surface area contributed by atoms with Crippen LogP contribution < -0.4 is 9.47 Å². The van der Waals surface area contributed by atoms with Gasteiger partial charge in [0.15, 0.2) is 11.5 Å². The van der Waals surface area contributed by atoms with E-state index >= 15 is 0 Å². The van der Waals surface area contributed by atoms with E-state index in [-0.39, 0.29) is 18.7 Å². The van der Waals surface area contributed by atoms with Gasteiger partial charge >= 0.3 is 0 Å². The summed E-state index contributed by atoms with van der Waals surface area (Å²) in [6, 6.07) is 11.7. The fourth-order valence-electron chi connectivity index (χ4n) is 3.48. The summed E-state index contributed by atoms with van der Waals surface area (Å²) in [6.07, 6.45) is 0.908. The van der Waals surface area contributed by atoms with Crippen molar-refractivity contribution in [2.24, 2.45) is 0 Å². The van der Waals surface area contributed by atoms with Crippen LogP contribution in [0.3, 0.4) is 0 Å². The van der Waals surface area contributed by atoms with E-state index in [1.165, 1.54) is 15.3 Å². The van der Waals surface area contributed by atoms with Gasteiger partial charge in [0, 0.05) is 21.9 Å². The second-order valence-electron chi connectivity index (χ2n) is 6.03. The second kappa shape index (κ2) is 5.89. The van der Waals surface area contributed by atoms with Crippen molar-refractivity contribution < 1.29 is 14.3 Å². The van der Waals surface area contributed by atoms with Crippen LogP contribution in [-0.4, -0.2) is 24.1 Å². The topological polar surface area (TPSA) is 38.8 Å². The largest absolute Gasteiger partial charge is 0.454 e. The van der Waals surface area contributed by atoms with Crippen molar-refractivity contribution in [2.45, 2.75) is 12.5 Å². The number of fused-ring (bicyclic) bond motifs is 2. The van der Waals surface area contributed by atoms with Gasteiger partial charge < -0.3 is 14.4 Å². The van der Waals surface area contributed by atoms with Gasteiger partial charge in [0.2, 0.25) is 6.79 Å². The summed E-state index contributed by atoms with van der Waals surface area (Å²) in [5, 5.41) is 4.19. The van der Waals surface area contributed by atoms with Gasteiger partial charge in [-0.15, -0.1) is 22.7 Å². The molecule has 4 heterocycles. The first-order chi connectivity index (χ1) is 12.3. The number of rotatable bonds is 2. The standard InChI is InChI=1S/C19H15NO3S2/c21-19(12-3-4-14-15(10-12)23-11-22-14)20-7-5-16-13(6-9-25-16)18(20)17-2-1-8-24-17/h1-4,6,8-10,18H,5,7,11H2/t18-/m1/s1. The van der Waals surface area contributed by atoms with Gasteiger partial charge in [-0.05, 0) is 53.1 Å². The summed E-state index contributed by atoms with van der Waals surface area (Å²) < 4.78 is 10.8. The molecule has 0 saturated heterocycles. The van der Waals surface area contributed by atoms with E-state index in [0.29, 0.717) is 17.1 Å². The van der Waals surface area contributed by atoms with Crippen LogP contribution in [0.2, 0.25) is 0 Å². The molecule has 6 heteroatoms. The smallest absolute Gasteiger partial charge is 0.254 e. The molecule has 0 spiro atoms. The van der Waals surface area contributed by atoms with Crippen LogP contribution in [0.1, 0.15) is 31.7 Å². The van der Waals surface area contributed by atoms with Gasteiger partial charge in [0.25, 0.3) is 5.91 Å². The average Bonchev–Trinajstić information content (AvgIpc) is 3.40. The Morgan fingerprint density at radius 2 is 2.00 bits per heavy atom. The zero-order valence-corrected chi connectivity index (χ0v) is 14.9. The van der Waals surface area contributed by atoms with E-state index in [1.807, 2.05) is 23.1 Å². The monoisotopic (exact) mass is 369 g/mol. The Kier molecular flexibility index (Phi) is 3.53. The zero-order chi connectivity index (χ0) is 16.8. The molecule has 5 rings (SSSR count). The molecular weight excluding hydrogens is 354 g/mol. The molecule has 0 saturated carbocycles. The third-order valence-electron chi connectivity index (χ3n) is 4.66. The highest BCUT2D eigenvalue weighted by Gasteiger charge is 2.34. The summed E-state index contributed by atoms with van der Waals surface area (Å²) >= 11 is 3.48. The molecule has 2 aromatic heterocycles. The van der Waals surface area contributed by atoms with Crippen LogP contribution in [-0.2, 0) is 6.42 Å². The minimum atomic E-state index is -0.00655. The first kappa shape index (κ1) is 15.0. The lowest BCUT2D eigenvalue weighted by Crippen LogP contribution is -2.39. The Hall–Kier alpha value is -2.31. The van der Waals surface area contributed by atoms with Crippen molar-refractivity contribution in [3.8, 4) is 11.5 Å². The lowest BCUT2D eigenvalue weighted by atomic mass is 9.97. The third kappa shape index (κ3) is 2.44. The summed E-state index contributed by atoms with van der Waals surface area (Å²) in [7, 11) is 0. The number of carbonyl (C=O) groups excluding carboxylic acids is 1. The predicted octanol–water partition coefficient (Wildman–Crippen LogP) is 4.33. The first-order valence-corrected chi connectivity index (χ1v) is 9.87. The summed E-state index contributed by atoms with van der Waals surface area (Å²) in [5.74, 6) is 1.38. The maximum absolute atomic E-state index is 13.3. The van der Waals surface area contributed by atoms with Gasteiger partial charge in [-0.3, -0.25) is 4.79 Å². The molecular formula is C19H15NO3S2. The Balaban J connectivity index is 1.55. The molecule has 1 atom stereocenters. The SMILES string of the molecule is O=C(c1ccc2c(c1)OCO2)N1CCc2sccc2[C@@H]1c1cccs1. The van der Waals surface area contributed by atoms with E-state index < -0.39 is 0 Å². The highest BCUT2D eigenvalue weighted by Crippen LogP contribution is 2.41. The summed E-state index contributed by atoms with van der Waals surface area (Å²) in [5.41, 5.74) is 1.90. The maximum Gasteiger partial charge on any atom is 0.254 e. The molecule has 2 aliphatic heterocycles. The van der Waals surface area contributed by atoms with Gasteiger partial charge in [0.05, 0.1) is 6.04 Å². The molecule has 25 heavy (non-hydrogen) atoms. The lowest BCUT2D eigenvalue weighted by Gasteiger charge is -2.35. The van der Waals surface area contributed by atoms with Crippen LogP contribution in [0.4, 0.5) is 0 Å². The number of amides is 1. The van der Waals surface area contributed by atoms with Crippen LogP contribution in [0.5, 0.6) is 11.5 Å². The maximum atomic E-state index is 13.3. The third-order valence-corrected chi connectivity index (χ3v) is 6.58. The van der Waals surface area contributed by atoms with E-state index in [0.717, 1.165) is 13.0 Å². The number of hydrogen-bond acceptors (Lipinski definition) is 5. The molecule has 1 aromatic carbocycles. The fraction of sp³-hybridized carbons (Fsp3) is 0.211. The van der Waals surface area contributed by atoms with E-state index in [2.05, 4.69) is 22.9 Å². The van der Waals surface area contributed by atoms with Gasteiger partial charge in [-0.25, -0.2) is 0 Å². The minimum absolute atomic E-state index is 0.00655. The van der Waals surface area contributed by atoms with Crippen LogP contribution in [0, 0.1) is 0 Å². The summed E-state index contributed by atoms with van der Waals surface area (Å²) in [6.45, 7) is 0.941. The lowest BCUT2D eigenvalue weighted by molar-refractivity contribution is 0.0698. The first-order valence-electron chi connectivity index (χ1n) is 8.11. The normalized spacial score (nSPS) is 18.2. The highest BCUT2D eigenvalue weighted by atomic mass is 32.1. The zero-order valence-electron chi connectivity index (χ0n) is 13.3. The highest BCUT2D eigenvalue weighted by molar-refractivity contribution is 7.10. The van der Waals surface area contributed by atoms with Crippen molar-refractivity contribution in [3.05, 3.63) is 68.0 Å². The number of nitrogens with zero attached hydrogens (tertiary/aromatic N) is 1. The van der Waals surface area contributed by atoms with Gasteiger partial charge in [-0.1, -0.05) is 6.07 Å². The predicted molar refractivity (Wildman–Crippen MR) is 97.8 cm³/mol. The van der Waals surface area contributed by atoms with E-state index in [9.17, 15) is 4.79 Å². The molecule has 0 N–H and O–H groups in total. The second-order valence-corrected chi connectivity index (χ2v) is 8.01. The molecule has 4 nitrogen and oxygen atoms in total. The Labute approximate surface area is 153 Å². The molecule has 0 unspecified atom stereocenters. The number of hydrogen-bond donors (Lipinski definition) is 0. The molecule has 0 radical (unpaired) electrons. The van der Waals surface area contributed by atoms with Crippen molar-refractivity contribution in [3.63, 3.8) is 0 Å². The number of benzene rings is 1. The molecule has 1 amide bonds. The van der Waals surface area contributed by atoms with Crippen LogP contribution in [0.15, 0.2) is 47.2 Å². The Bertz CT molecular complexity index is 932. The molecule has 126 valence electrons. The molecule has 0 fully saturated rings. The van der Waals surface area contributed by atoms with Crippen LogP contribution in [0.25, 0.3) is 0 Å². The van der Waals surface area contributed by atoms with Crippen molar-refractivity contribution >= 4 is 28.6 Å². The number of carbonyl (C=O) groups is 1. The molecule has 3 aromatic rings. The Morgan fingerprint density at radius 3 is 2.88 bits per heavy atom. The van der Waals surface area contributed by atoms with Crippen molar-refractivity contribution in [1.82, 2.24) is 4.90 Å². The van der Waals surface area contributed by atoms with Crippen molar-refractivity contribution in [1.29, 1.82) is 0 Å². The van der Waals surface area contributed by atoms with Gasteiger partial charge in [0.1, 0.15) is 0 Å². The van der Waals surface area contributed by atoms with E-state index in [4.69, 9.17) is 9.47 Å². The van der Waals surface area contributed by atoms with Gasteiger partial charge in [-0.2, -0.15) is 0 Å². The van der Waals surface area contributed by atoms with Crippen molar-refractivity contribution in [2.75, 3.05) is 13.3 Å². The molecule has 2 aliphatic rings. The Morgan fingerprint density at radius 1 is 1.08 bits per heavy atom. The quantitative estimate of drug-likeness (QED) is 0.675. The molecule has 0 bridgehead atoms. The number of thiophene rings is 2. The minimum Gasteiger partial charge on any atom is -0.454 e. The molecule has 0 aliphatic carbocycles. The van der Waals surface area contributed by atoms with E-state index in [1.54, 1.807) is 28.7 Å². The summed E-state index contributed by atoms with van der Waals surface area (Å²) in [4.78, 5) is 17.8. The number of ether oxygens (including phenoxy) is 2. The fourth-order valence-corrected chi connectivity index (χ4v) is 5.24.